The summed E-state index contributed by atoms with van der Waals surface area (Å²) in [6.45, 7) is 1.67. The number of aromatic nitrogens is 2. The SMILES string of the molecule is Cc1[nH][nH]c(=O)c1CC(=O)N[C@H](c1ccc(F)cc1F)C1CC(O)C1. The summed E-state index contributed by atoms with van der Waals surface area (Å²) in [4.78, 5) is 24.0. The zero-order chi connectivity index (χ0) is 18.1. The number of rotatable bonds is 5. The third-order valence-corrected chi connectivity index (χ3v) is 4.66. The average molecular weight is 351 g/mol. The molecule has 1 saturated carbocycles. The largest absolute Gasteiger partial charge is 0.393 e. The molecular weight excluding hydrogens is 332 g/mol. The molecule has 1 aliphatic rings. The van der Waals surface area contributed by atoms with Crippen molar-refractivity contribution in [2.75, 3.05) is 0 Å². The molecule has 0 aliphatic heterocycles. The van der Waals surface area contributed by atoms with Gasteiger partial charge in [0.05, 0.1) is 18.6 Å². The van der Waals surface area contributed by atoms with E-state index in [2.05, 4.69) is 15.5 Å². The first-order valence-electron chi connectivity index (χ1n) is 8.03. The minimum atomic E-state index is -0.748. The van der Waals surface area contributed by atoms with E-state index in [0.29, 0.717) is 24.1 Å². The fraction of sp³-hybridized carbons (Fsp3) is 0.412. The zero-order valence-electron chi connectivity index (χ0n) is 13.6. The van der Waals surface area contributed by atoms with Crippen LogP contribution in [-0.2, 0) is 11.2 Å². The number of H-pyrrole nitrogens is 2. The molecule has 8 heteroatoms. The van der Waals surface area contributed by atoms with E-state index < -0.39 is 29.7 Å². The van der Waals surface area contributed by atoms with Gasteiger partial charge in [-0.05, 0) is 31.7 Å². The Morgan fingerprint density at radius 2 is 2.08 bits per heavy atom. The molecule has 0 spiro atoms. The zero-order valence-corrected chi connectivity index (χ0v) is 13.6. The lowest BCUT2D eigenvalue weighted by molar-refractivity contribution is -0.122. The molecule has 3 rings (SSSR count). The first-order valence-corrected chi connectivity index (χ1v) is 8.03. The van der Waals surface area contributed by atoms with E-state index in [9.17, 15) is 23.5 Å². The number of aliphatic hydroxyl groups excluding tert-OH is 1. The van der Waals surface area contributed by atoms with Gasteiger partial charge in [0.1, 0.15) is 11.6 Å². The fourth-order valence-corrected chi connectivity index (χ4v) is 3.17. The van der Waals surface area contributed by atoms with E-state index >= 15 is 0 Å². The minimum absolute atomic E-state index is 0.149. The molecule has 1 aromatic heterocycles. The number of benzene rings is 1. The monoisotopic (exact) mass is 351 g/mol. The fourth-order valence-electron chi connectivity index (χ4n) is 3.17. The van der Waals surface area contributed by atoms with Crippen LogP contribution in [0.5, 0.6) is 0 Å². The topological polar surface area (TPSA) is 98.0 Å². The summed E-state index contributed by atoms with van der Waals surface area (Å²) in [5, 5.41) is 17.3. The highest BCUT2D eigenvalue weighted by molar-refractivity contribution is 5.79. The number of halogens is 2. The van der Waals surface area contributed by atoms with Gasteiger partial charge in [-0.15, -0.1) is 0 Å². The maximum Gasteiger partial charge on any atom is 0.267 e. The van der Waals surface area contributed by atoms with E-state index in [1.807, 2.05) is 0 Å². The van der Waals surface area contributed by atoms with E-state index in [-0.39, 0.29) is 23.5 Å². The van der Waals surface area contributed by atoms with Crippen LogP contribution in [0.4, 0.5) is 8.78 Å². The van der Waals surface area contributed by atoms with Crippen LogP contribution in [0.15, 0.2) is 23.0 Å². The first-order chi connectivity index (χ1) is 11.8. The molecule has 6 nitrogen and oxygen atoms in total. The molecule has 0 unspecified atom stereocenters. The summed E-state index contributed by atoms with van der Waals surface area (Å²) in [5.41, 5.74) is 0.663. The smallest absolute Gasteiger partial charge is 0.267 e. The van der Waals surface area contributed by atoms with Crippen molar-refractivity contribution in [2.24, 2.45) is 5.92 Å². The van der Waals surface area contributed by atoms with Crippen LogP contribution in [0, 0.1) is 24.5 Å². The van der Waals surface area contributed by atoms with Gasteiger partial charge in [-0.2, -0.15) is 0 Å². The Morgan fingerprint density at radius 3 is 2.64 bits per heavy atom. The second-order valence-corrected chi connectivity index (χ2v) is 6.46. The van der Waals surface area contributed by atoms with E-state index in [4.69, 9.17) is 0 Å². The average Bonchev–Trinajstić information content (AvgIpc) is 2.82. The van der Waals surface area contributed by atoms with Crippen molar-refractivity contribution in [3.05, 3.63) is 57.0 Å². The number of nitrogens with one attached hydrogen (secondary N) is 3. The van der Waals surface area contributed by atoms with Crippen molar-refractivity contribution in [1.29, 1.82) is 0 Å². The van der Waals surface area contributed by atoms with Gasteiger partial charge in [0.2, 0.25) is 5.91 Å². The molecule has 1 fully saturated rings. The van der Waals surface area contributed by atoms with Crippen LogP contribution in [0.2, 0.25) is 0 Å². The summed E-state index contributed by atoms with van der Waals surface area (Å²) >= 11 is 0. The molecule has 0 bridgehead atoms. The van der Waals surface area contributed by atoms with Crippen LogP contribution in [-0.4, -0.2) is 27.3 Å². The summed E-state index contributed by atoms with van der Waals surface area (Å²) in [7, 11) is 0. The van der Waals surface area contributed by atoms with Gasteiger partial charge in [-0.1, -0.05) is 6.07 Å². The van der Waals surface area contributed by atoms with Crippen LogP contribution in [0.1, 0.15) is 35.7 Å². The molecule has 2 aromatic rings. The van der Waals surface area contributed by atoms with Crippen molar-refractivity contribution in [3.63, 3.8) is 0 Å². The number of carbonyl (C=O) groups excluding carboxylic acids is 1. The number of amides is 1. The number of hydrogen-bond donors (Lipinski definition) is 4. The maximum absolute atomic E-state index is 14.2. The van der Waals surface area contributed by atoms with Crippen molar-refractivity contribution in [1.82, 2.24) is 15.5 Å². The number of aromatic amines is 2. The van der Waals surface area contributed by atoms with Gasteiger partial charge in [0, 0.05) is 22.9 Å². The normalized spacial score (nSPS) is 20.8. The standard InChI is InChI=1S/C17H19F2N3O3/c1-8-13(17(25)22-21-8)7-15(24)20-16(9-4-11(23)5-9)12-3-2-10(18)6-14(12)19/h2-3,6,9,11,16,23H,4-5,7H2,1H3,(H,20,24)(H2,21,22,25)/t9?,11?,16-/m0/s1. The number of carbonyl (C=O) groups is 1. The molecule has 134 valence electrons. The maximum atomic E-state index is 14.2. The van der Waals surface area contributed by atoms with Gasteiger partial charge < -0.3 is 15.5 Å². The van der Waals surface area contributed by atoms with E-state index in [0.717, 1.165) is 12.1 Å². The van der Waals surface area contributed by atoms with Gasteiger partial charge in [0.15, 0.2) is 0 Å². The lowest BCUT2D eigenvalue weighted by Gasteiger charge is -2.38. The summed E-state index contributed by atoms with van der Waals surface area (Å²) in [6.07, 6.45) is 0.207. The highest BCUT2D eigenvalue weighted by atomic mass is 19.1. The summed E-state index contributed by atoms with van der Waals surface area (Å²) in [6, 6.07) is 2.52. The third kappa shape index (κ3) is 3.63. The molecule has 1 atom stereocenters. The van der Waals surface area contributed by atoms with E-state index in [1.165, 1.54) is 6.07 Å². The first kappa shape index (κ1) is 17.3. The number of aliphatic hydroxyl groups is 1. The highest BCUT2D eigenvalue weighted by Gasteiger charge is 2.37. The lowest BCUT2D eigenvalue weighted by atomic mass is 9.75. The number of hydrogen-bond acceptors (Lipinski definition) is 3. The molecular formula is C17H19F2N3O3. The second-order valence-electron chi connectivity index (χ2n) is 6.46. The van der Waals surface area contributed by atoms with Crippen LogP contribution < -0.4 is 10.9 Å². The predicted molar refractivity (Wildman–Crippen MR) is 85.8 cm³/mol. The Morgan fingerprint density at radius 1 is 1.36 bits per heavy atom. The summed E-state index contributed by atoms with van der Waals surface area (Å²) < 4.78 is 27.3. The van der Waals surface area contributed by atoms with Gasteiger partial charge in [-0.3, -0.25) is 14.7 Å². The molecule has 4 N–H and O–H groups in total. The van der Waals surface area contributed by atoms with Crippen molar-refractivity contribution >= 4 is 5.91 Å². The lowest BCUT2D eigenvalue weighted by Crippen LogP contribution is -2.42. The molecule has 1 amide bonds. The molecule has 1 aliphatic carbocycles. The van der Waals surface area contributed by atoms with Crippen molar-refractivity contribution in [3.8, 4) is 0 Å². The quantitative estimate of drug-likeness (QED) is 0.656. The Labute approximate surface area is 142 Å². The molecule has 0 radical (unpaired) electrons. The van der Waals surface area contributed by atoms with Crippen molar-refractivity contribution < 1.29 is 18.7 Å². The van der Waals surface area contributed by atoms with Crippen LogP contribution in [0.3, 0.4) is 0 Å². The Hall–Kier alpha value is -2.48. The predicted octanol–water partition coefficient (Wildman–Crippen LogP) is 1.46. The Balaban J connectivity index is 1.80. The Bertz CT molecular complexity index is 840. The third-order valence-electron chi connectivity index (χ3n) is 4.66. The van der Waals surface area contributed by atoms with E-state index in [1.54, 1.807) is 6.92 Å². The van der Waals surface area contributed by atoms with Crippen LogP contribution >= 0.6 is 0 Å². The molecule has 0 saturated heterocycles. The molecule has 25 heavy (non-hydrogen) atoms. The summed E-state index contributed by atoms with van der Waals surface area (Å²) in [5.74, 6) is -2.04. The minimum Gasteiger partial charge on any atom is -0.393 e. The molecule has 1 heterocycles. The van der Waals surface area contributed by atoms with Crippen molar-refractivity contribution in [2.45, 2.75) is 38.3 Å². The second kappa shape index (κ2) is 6.79. The molecule has 1 aromatic carbocycles. The van der Waals surface area contributed by atoms with Gasteiger partial charge in [0.25, 0.3) is 5.56 Å². The van der Waals surface area contributed by atoms with Gasteiger partial charge in [-0.25, -0.2) is 8.78 Å². The highest BCUT2D eigenvalue weighted by Crippen LogP contribution is 2.39. The van der Waals surface area contributed by atoms with Crippen LogP contribution in [0.25, 0.3) is 0 Å². The Kier molecular flexibility index (Phi) is 4.71. The van der Waals surface area contributed by atoms with Gasteiger partial charge >= 0.3 is 0 Å². The number of aryl methyl sites for hydroxylation is 1.